The Morgan fingerprint density at radius 2 is 1.70 bits per heavy atom. The highest BCUT2D eigenvalue weighted by atomic mass is 16.6. The van der Waals surface area contributed by atoms with Gasteiger partial charge in [-0.2, -0.15) is 0 Å². The van der Waals surface area contributed by atoms with Crippen LogP contribution in [-0.4, -0.2) is 62.3 Å². The van der Waals surface area contributed by atoms with Crippen molar-refractivity contribution in [2.24, 2.45) is 0 Å². The molecule has 1 aliphatic rings. The maximum atomic E-state index is 12.0. The highest BCUT2D eigenvalue weighted by Crippen LogP contribution is 2.28. The molecule has 10 heteroatoms. The fourth-order valence-corrected chi connectivity index (χ4v) is 3.83. The second-order valence-electron chi connectivity index (χ2n) is 8.76. The normalized spacial score (nSPS) is 15.2. The summed E-state index contributed by atoms with van der Waals surface area (Å²) in [7, 11) is 2.15. The first-order chi connectivity index (χ1) is 17.9. The first kappa shape index (κ1) is 26.0. The number of likely N-dealkylation sites (N-methyl/N-ethyl adjacent to an activating group) is 1. The van der Waals surface area contributed by atoms with Gasteiger partial charge in [0.15, 0.2) is 0 Å². The predicted molar refractivity (Wildman–Crippen MR) is 137 cm³/mol. The Bertz CT molecular complexity index is 1200. The van der Waals surface area contributed by atoms with Crippen LogP contribution in [0.1, 0.15) is 18.9 Å². The van der Waals surface area contributed by atoms with Crippen LogP contribution in [0.25, 0.3) is 0 Å². The number of hydrogen-bond acceptors (Lipinski definition) is 9. The van der Waals surface area contributed by atoms with E-state index in [9.17, 15) is 9.59 Å². The Labute approximate surface area is 216 Å². The van der Waals surface area contributed by atoms with E-state index in [2.05, 4.69) is 4.98 Å². The van der Waals surface area contributed by atoms with Gasteiger partial charge in [0, 0.05) is 17.7 Å². The molecule has 0 N–H and O–H groups in total. The largest absolute Gasteiger partial charge is 0.636 e. The molecule has 3 aromatic rings. The topological polar surface area (TPSA) is 96.4 Å². The SMILES string of the molecule is COc1cc(Oc2ccccc2CCC(C)Oc2ccc(B3OC(=O)CN(C)CC(=O)O3)cc2)ccn1. The van der Waals surface area contributed by atoms with Crippen LogP contribution in [0.4, 0.5) is 0 Å². The summed E-state index contributed by atoms with van der Waals surface area (Å²) in [4.78, 5) is 29.6. The van der Waals surface area contributed by atoms with Gasteiger partial charge >= 0.3 is 19.1 Å². The van der Waals surface area contributed by atoms with Crippen LogP contribution in [-0.2, 0) is 25.3 Å². The molecule has 1 aliphatic heterocycles. The van der Waals surface area contributed by atoms with Gasteiger partial charge in [-0.15, -0.1) is 0 Å². The van der Waals surface area contributed by atoms with Crippen molar-refractivity contribution < 1.29 is 33.1 Å². The Morgan fingerprint density at radius 3 is 2.41 bits per heavy atom. The average Bonchev–Trinajstić information content (AvgIpc) is 2.87. The van der Waals surface area contributed by atoms with Crippen molar-refractivity contribution in [3.05, 3.63) is 72.4 Å². The number of pyridine rings is 1. The van der Waals surface area contributed by atoms with E-state index in [-0.39, 0.29) is 19.2 Å². The van der Waals surface area contributed by atoms with E-state index < -0.39 is 19.1 Å². The Kier molecular flexibility index (Phi) is 8.63. The number of aromatic nitrogens is 1. The zero-order valence-corrected chi connectivity index (χ0v) is 21.1. The molecule has 1 saturated heterocycles. The summed E-state index contributed by atoms with van der Waals surface area (Å²) in [6, 6.07) is 18.4. The molecule has 2 heterocycles. The fraction of sp³-hybridized carbons (Fsp3) is 0.296. The third kappa shape index (κ3) is 7.47. The van der Waals surface area contributed by atoms with Crippen LogP contribution in [0, 0.1) is 0 Å². The van der Waals surface area contributed by atoms with E-state index >= 15 is 0 Å². The molecule has 2 aromatic carbocycles. The molecule has 1 atom stereocenters. The highest BCUT2D eigenvalue weighted by molar-refractivity contribution is 6.64. The van der Waals surface area contributed by atoms with Crippen LogP contribution in [0.3, 0.4) is 0 Å². The third-order valence-electron chi connectivity index (χ3n) is 5.70. The van der Waals surface area contributed by atoms with Crippen molar-refractivity contribution in [3.8, 4) is 23.1 Å². The Balaban J connectivity index is 1.33. The maximum Gasteiger partial charge on any atom is 0.636 e. The summed E-state index contributed by atoms with van der Waals surface area (Å²) >= 11 is 0. The van der Waals surface area contributed by atoms with E-state index in [1.165, 1.54) is 0 Å². The zero-order valence-electron chi connectivity index (χ0n) is 21.1. The lowest BCUT2D eigenvalue weighted by Gasteiger charge is -2.22. The molecule has 0 aliphatic carbocycles. The average molecular weight is 504 g/mol. The monoisotopic (exact) mass is 504 g/mol. The van der Waals surface area contributed by atoms with Gasteiger partial charge in [-0.05, 0) is 56.6 Å². The first-order valence-electron chi connectivity index (χ1n) is 12.0. The summed E-state index contributed by atoms with van der Waals surface area (Å²) in [5.41, 5.74) is 1.62. The molecule has 0 amide bonds. The van der Waals surface area contributed by atoms with E-state index in [1.807, 2.05) is 31.2 Å². The molecule has 9 nitrogen and oxygen atoms in total. The van der Waals surface area contributed by atoms with Crippen molar-refractivity contribution in [1.82, 2.24) is 9.88 Å². The number of rotatable bonds is 9. The molecule has 0 bridgehead atoms. The third-order valence-corrected chi connectivity index (χ3v) is 5.70. The standard InChI is InChI=1S/C27H29BN2O7/c1-19(8-9-20-6-4-5-7-24(20)35-23-14-15-29-25(16-23)33-3)34-22-12-10-21(11-13-22)28-36-26(31)17-30(2)18-27(32)37-28/h4-7,10-16,19H,8-9,17-18H2,1-3H3. The van der Waals surface area contributed by atoms with Crippen LogP contribution in [0.15, 0.2) is 66.9 Å². The van der Waals surface area contributed by atoms with Gasteiger partial charge in [0.2, 0.25) is 5.88 Å². The molecule has 0 saturated carbocycles. The summed E-state index contributed by atoms with van der Waals surface area (Å²) in [6.45, 7) is 2.05. The summed E-state index contributed by atoms with van der Waals surface area (Å²) in [6.07, 6.45) is 3.07. The van der Waals surface area contributed by atoms with Gasteiger partial charge in [0.1, 0.15) is 17.2 Å². The lowest BCUT2D eigenvalue weighted by Crippen LogP contribution is -2.47. The van der Waals surface area contributed by atoms with Crippen molar-refractivity contribution in [2.45, 2.75) is 25.9 Å². The minimum atomic E-state index is -1.07. The second-order valence-corrected chi connectivity index (χ2v) is 8.76. The lowest BCUT2D eigenvalue weighted by atomic mass is 9.78. The second kappa shape index (κ2) is 12.3. The number of carbonyl (C=O) groups excluding carboxylic acids is 2. The number of aryl methyl sites for hydroxylation is 1. The van der Waals surface area contributed by atoms with Gasteiger partial charge in [0.05, 0.1) is 26.3 Å². The summed E-state index contributed by atoms with van der Waals surface area (Å²) < 4.78 is 27.9. The Morgan fingerprint density at radius 1 is 1.00 bits per heavy atom. The predicted octanol–water partition coefficient (Wildman–Crippen LogP) is 3.01. The van der Waals surface area contributed by atoms with Crippen molar-refractivity contribution in [3.63, 3.8) is 0 Å². The van der Waals surface area contributed by atoms with Crippen molar-refractivity contribution >= 4 is 24.5 Å². The molecule has 0 spiro atoms. The quantitative estimate of drug-likeness (QED) is 0.408. The zero-order chi connectivity index (χ0) is 26.2. The lowest BCUT2D eigenvalue weighted by molar-refractivity contribution is -0.145. The summed E-state index contributed by atoms with van der Waals surface area (Å²) in [5, 5.41) is 0. The molecule has 4 rings (SSSR count). The number of nitrogens with zero attached hydrogens (tertiary/aromatic N) is 2. The van der Waals surface area contributed by atoms with E-state index in [0.717, 1.165) is 24.2 Å². The molecule has 1 fully saturated rings. The van der Waals surface area contributed by atoms with Crippen LogP contribution >= 0.6 is 0 Å². The molecule has 1 aromatic heterocycles. The molecular weight excluding hydrogens is 475 g/mol. The van der Waals surface area contributed by atoms with Gasteiger partial charge in [-0.25, -0.2) is 4.98 Å². The number of carbonyl (C=O) groups is 2. The molecule has 1 unspecified atom stereocenters. The number of ether oxygens (including phenoxy) is 3. The number of hydrogen-bond donors (Lipinski definition) is 0. The van der Waals surface area contributed by atoms with Gasteiger partial charge < -0.3 is 23.5 Å². The van der Waals surface area contributed by atoms with Gasteiger partial charge in [-0.1, -0.05) is 30.3 Å². The number of methoxy groups -OCH3 is 1. The van der Waals surface area contributed by atoms with E-state index in [4.69, 9.17) is 23.5 Å². The first-order valence-corrected chi connectivity index (χ1v) is 12.0. The summed E-state index contributed by atoms with van der Waals surface area (Å²) in [5.74, 6) is 1.65. The Hall–Kier alpha value is -4.05. The minimum Gasteiger partial charge on any atom is -0.494 e. The van der Waals surface area contributed by atoms with Crippen molar-refractivity contribution in [2.75, 3.05) is 27.2 Å². The number of para-hydroxylation sites is 1. The fourth-order valence-electron chi connectivity index (χ4n) is 3.83. The smallest absolute Gasteiger partial charge is 0.494 e. The van der Waals surface area contributed by atoms with E-state index in [0.29, 0.717) is 22.8 Å². The molecule has 0 radical (unpaired) electrons. The van der Waals surface area contributed by atoms with Crippen LogP contribution in [0.5, 0.6) is 23.1 Å². The van der Waals surface area contributed by atoms with Crippen LogP contribution < -0.4 is 19.7 Å². The molecular formula is C27H29BN2O7. The minimum absolute atomic E-state index is 0.0230. The molecule has 192 valence electrons. The van der Waals surface area contributed by atoms with Gasteiger partial charge in [0.25, 0.3) is 0 Å². The molecule has 37 heavy (non-hydrogen) atoms. The van der Waals surface area contributed by atoms with Crippen LogP contribution in [0.2, 0.25) is 0 Å². The highest BCUT2D eigenvalue weighted by Gasteiger charge is 2.33. The van der Waals surface area contributed by atoms with E-state index in [1.54, 1.807) is 61.7 Å². The number of benzene rings is 2. The van der Waals surface area contributed by atoms with Crippen molar-refractivity contribution in [1.29, 1.82) is 0 Å². The maximum absolute atomic E-state index is 12.0. The van der Waals surface area contributed by atoms with Gasteiger partial charge in [-0.3, -0.25) is 14.5 Å².